The molecule has 9 heteroatoms. The Bertz CT molecular complexity index is 1240. The van der Waals surface area contributed by atoms with Crippen molar-refractivity contribution in [1.82, 2.24) is 19.7 Å². The third-order valence-corrected chi connectivity index (χ3v) is 5.83. The van der Waals surface area contributed by atoms with E-state index in [-0.39, 0.29) is 17.8 Å². The molecule has 0 aliphatic carbocycles. The van der Waals surface area contributed by atoms with Gasteiger partial charge in [0, 0.05) is 29.4 Å². The summed E-state index contributed by atoms with van der Waals surface area (Å²) in [5.41, 5.74) is 15.1. The molecule has 152 valence electrons. The van der Waals surface area contributed by atoms with Crippen LogP contribution >= 0.6 is 11.6 Å². The van der Waals surface area contributed by atoms with Gasteiger partial charge in [0.1, 0.15) is 11.6 Å². The highest BCUT2D eigenvalue weighted by Crippen LogP contribution is 2.35. The van der Waals surface area contributed by atoms with E-state index >= 15 is 0 Å². The van der Waals surface area contributed by atoms with Crippen LogP contribution in [0.2, 0.25) is 5.02 Å². The number of aromatic nitrogens is 4. The van der Waals surface area contributed by atoms with Gasteiger partial charge < -0.3 is 16.4 Å². The molecular formula is C21H19ClFN7. The number of nitrogens with two attached hydrogens (primary N) is 2. The van der Waals surface area contributed by atoms with Gasteiger partial charge in [0.05, 0.1) is 17.6 Å². The molecule has 7 nitrogen and oxygen atoms in total. The molecule has 1 aliphatic rings. The summed E-state index contributed by atoms with van der Waals surface area (Å²) < 4.78 is 16.3. The molecule has 0 saturated carbocycles. The van der Waals surface area contributed by atoms with Gasteiger partial charge in [-0.05, 0) is 30.2 Å². The molecule has 2 aromatic carbocycles. The number of fused-ring (bicyclic) bond motifs is 2. The van der Waals surface area contributed by atoms with Gasteiger partial charge in [0.15, 0.2) is 5.65 Å². The van der Waals surface area contributed by atoms with Gasteiger partial charge in [-0.2, -0.15) is 15.1 Å². The van der Waals surface area contributed by atoms with Crippen LogP contribution in [0.4, 0.5) is 21.8 Å². The molecule has 3 heterocycles. The van der Waals surface area contributed by atoms with Gasteiger partial charge in [-0.15, -0.1) is 0 Å². The summed E-state index contributed by atoms with van der Waals surface area (Å²) in [6.07, 6.45) is 2.40. The minimum absolute atomic E-state index is 0.0448. The molecule has 30 heavy (non-hydrogen) atoms. The van der Waals surface area contributed by atoms with E-state index in [9.17, 15) is 4.39 Å². The van der Waals surface area contributed by atoms with Crippen molar-refractivity contribution in [3.8, 4) is 0 Å². The predicted molar refractivity (Wildman–Crippen MR) is 116 cm³/mol. The zero-order chi connectivity index (χ0) is 20.8. The van der Waals surface area contributed by atoms with Crippen LogP contribution in [0, 0.1) is 5.82 Å². The molecule has 1 aliphatic heterocycles. The fourth-order valence-electron chi connectivity index (χ4n) is 4.08. The lowest BCUT2D eigenvalue weighted by atomic mass is 9.97. The van der Waals surface area contributed by atoms with E-state index in [0.29, 0.717) is 40.5 Å². The average molecular weight is 424 g/mol. The topological polar surface area (TPSA) is 98.9 Å². The van der Waals surface area contributed by atoms with Crippen molar-refractivity contribution in [2.45, 2.75) is 19.0 Å². The molecule has 0 spiro atoms. The molecule has 1 unspecified atom stereocenters. The highest BCUT2D eigenvalue weighted by Gasteiger charge is 2.28. The van der Waals surface area contributed by atoms with Gasteiger partial charge in [0.2, 0.25) is 5.95 Å². The molecule has 4 aromatic rings. The molecule has 0 radical (unpaired) electrons. The highest BCUT2D eigenvalue weighted by molar-refractivity contribution is 6.31. The lowest BCUT2D eigenvalue weighted by molar-refractivity contribution is 0.437. The molecular weight excluding hydrogens is 405 g/mol. The minimum Gasteiger partial charge on any atom is -0.383 e. The lowest BCUT2D eigenvalue weighted by Gasteiger charge is -2.36. The van der Waals surface area contributed by atoms with Crippen LogP contribution in [-0.4, -0.2) is 26.3 Å². The van der Waals surface area contributed by atoms with E-state index in [4.69, 9.17) is 23.1 Å². The Labute approximate surface area is 177 Å². The Morgan fingerprint density at radius 2 is 1.93 bits per heavy atom. The number of hydrogen-bond acceptors (Lipinski definition) is 6. The maximum absolute atomic E-state index is 14.5. The summed E-state index contributed by atoms with van der Waals surface area (Å²) in [5.74, 6) is 0.0860. The first-order chi connectivity index (χ1) is 14.5. The SMILES string of the molecule is Nc1nc(N)c2cnn(C3Cc4ccccc4N(Cc4c(F)cccc4Cl)C3)c2n1. The Hall–Kier alpha value is -3.39. The van der Waals surface area contributed by atoms with E-state index in [1.165, 1.54) is 6.07 Å². The van der Waals surface area contributed by atoms with Crippen molar-refractivity contribution < 1.29 is 4.39 Å². The Morgan fingerprint density at radius 3 is 2.77 bits per heavy atom. The van der Waals surface area contributed by atoms with Crippen molar-refractivity contribution in [2.75, 3.05) is 22.9 Å². The predicted octanol–water partition coefficient (Wildman–Crippen LogP) is 3.59. The fraction of sp³-hybridized carbons (Fsp3) is 0.190. The highest BCUT2D eigenvalue weighted by atomic mass is 35.5. The van der Waals surface area contributed by atoms with E-state index in [1.807, 2.05) is 22.9 Å². The van der Waals surface area contributed by atoms with Crippen molar-refractivity contribution in [1.29, 1.82) is 0 Å². The van der Waals surface area contributed by atoms with Crippen LogP contribution in [-0.2, 0) is 13.0 Å². The molecule has 5 rings (SSSR count). The maximum Gasteiger partial charge on any atom is 0.224 e. The number of halogens is 2. The Kier molecular flexibility index (Phi) is 4.43. The van der Waals surface area contributed by atoms with Gasteiger partial charge in [0.25, 0.3) is 0 Å². The zero-order valence-corrected chi connectivity index (χ0v) is 16.7. The third-order valence-electron chi connectivity index (χ3n) is 5.48. The number of nitrogen functional groups attached to an aromatic ring is 2. The summed E-state index contributed by atoms with van der Waals surface area (Å²) in [5, 5.41) is 5.59. The average Bonchev–Trinajstić information content (AvgIpc) is 3.15. The summed E-state index contributed by atoms with van der Waals surface area (Å²) in [7, 11) is 0. The summed E-state index contributed by atoms with van der Waals surface area (Å²) in [6.45, 7) is 0.944. The lowest BCUT2D eigenvalue weighted by Crippen LogP contribution is -2.37. The second-order valence-electron chi connectivity index (χ2n) is 7.36. The van der Waals surface area contributed by atoms with Crippen molar-refractivity contribution in [2.24, 2.45) is 0 Å². The van der Waals surface area contributed by atoms with Crippen LogP contribution in [0.5, 0.6) is 0 Å². The molecule has 0 saturated heterocycles. The maximum atomic E-state index is 14.5. The van der Waals surface area contributed by atoms with Gasteiger partial charge >= 0.3 is 0 Å². The van der Waals surface area contributed by atoms with Crippen LogP contribution in [0.3, 0.4) is 0 Å². The second kappa shape index (κ2) is 7.14. The molecule has 4 N–H and O–H groups in total. The molecule has 0 amide bonds. The minimum atomic E-state index is -0.320. The monoisotopic (exact) mass is 423 g/mol. The van der Waals surface area contributed by atoms with E-state index < -0.39 is 0 Å². The number of nitrogens with zero attached hydrogens (tertiary/aromatic N) is 5. The standard InChI is InChI=1S/C21H19ClFN7/c22-16-5-3-6-17(23)15(16)11-29-10-13(8-12-4-1-2-7-18(12)29)30-20-14(9-26-30)19(24)27-21(25)28-20/h1-7,9,13H,8,10-11H2,(H4,24,25,27,28). The summed E-state index contributed by atoms with van der Waals surface area (Å²) in [4.78, 5) is 10.5. The van der Waals surface area contributed by atoms with Crippen LogP contribution in [0.15, 0.2) is 48.7 Å². The van der Waals surface area contributed by atoms with Gasteiger partial charge in [-0.1, -0.05) is 35.9 Å². The summed E-state index contributed by atoms with van der Waals surface area (Å²) >= 11 is 6.30. The largest absolute Gasteiger partial charge is 0.383 e. The normalized spacial score (nSPS) is 16.1. The van der Waals surface area contributed by atoms with Crippen molar-refractivity contribution in [3.63, 3.8) is 0 Å². The van der Waals surface area contributed by atoms with Crippen LogP contribution < -0.4 is 16.4 Å². The fourth-order valence-corrected chi connectivity index (χ4v) is 4.31. The van der Waals surface area contributed by atoms with Crippen LogP contribution in [0.25, 0.3) is 11.0 Å². The number of rotatable bonds is 3. The third kappa shape index (κ3) is 3.09. The smallest absolute Gasteiger partial charge is 0.224 e. The Balaban J connectivity index is 1.57. The molecule has 1 atom stereocenters. The first kappa shape index (κ1) is 18.6. The van der Waals surface area contributed by atoms with Gasteiger partial charge in [-0.3, -0.25) is 0 Å². The van der Waals surface area contributed by atoms with E-state index in [0.717, 1.165) is 17.7 Å². The van der Waals surface area contributed by atoms with Crippen LogP contribution in [0.1, 0.15) is 17.2 Å². The number of para-hydroxylation sites is 1. The molecule has 0 bridgehead atoms. The quantitative estimate of drug-likeness (QED) is 0.522. The van der Waals surface area contributed by atoms with Gasteiger partial charge in [-0.25, -0.2) is 9.07 Å². The molecule has 2 aromatic heterocycles. The number of anilines is 3. The first-order valence-electron chi connectivity index (χ1n) is 9.53. The summed E-state index contributed by atoms with van der Waals surface area (Å²) in [6, 6.07) is 12.8. The molecule has 0 fully saturated rings. The van der Waals surface area contributed by atoms with E-state index in [1.54, 1.807) is 18.3 Å². The van der Waals surface area contributed by atoms with Crippen molar-refractivity contribution >= 4 is 40.1 Å². The Morgan fingerprint density at radius 1 is 1.10 bits per heavy atom. The first-order valence-corrected chi connectivity index (χ1v) is 9.91. The zero-order valence-electron chi connectivity index (χ0n) is 16.0. The van der Waals surface area contributed by atoms with Crippen molar-refractivity contribution in [3.05, 3.63) is 70.6 Å². The van der Waals surface area contributed by atoms with E-state index in [2.05, 4.69) is 26.0 Å². The second-order valence-corrected chi connectivity index (χ2v) is 7.77. The number of hydrogen-bond donors (Lipinski definition) is 2. The number of benzene rings is 2.